The molecule has 1 N–H and O–H groups in total. The van der Waals surface area contributed by atoms with Crippen LogP contribution < -0.4 is 5.32 Å². The highest BCUT2D eigenvalue weighted by Crippen LogP contribution is 2.11. The molecular formula is C14H18ClNO. The molecule has 2 nitrogen and oxygen atoms in total. The number of hydrogen-bond donors (Lipinski definition) is 1. The van der Waals surface area contributed by atoms with Gasteiger partial charge in [-0.05, 0) is 30.2 Å². The van der Waals surface area contributed by atoms with Crippen LogP contribution >= 0.6 is 11.6 Å². The summed E-state index contributed by atoms with van der Waals surface area (Å²) >= 11 is 5.84. The van der Waals surface area contributed by atoms with E-state index in [-0.39, 0.29) is 5.91 Å². The van der Waals surface area contributed by atoms with E-state index in [1.165, 1.54) is 6.08 Å². The molecule has 0 aliphatic rings. The van der Waals surface area contributed by atoms with E-state index >= 15 is 0 Å². The molecule has 92 valence electrons. The van der Waals surface area contributed by atoms with E-state index in [1.807, 2.05) is 24.3 Å². The zero-order valence-corrected chi connectivity index (χ0v) is 10.8. The fraction of sp³-hybridized carbons (Fsp3) is 0.357. The maximum Gasteiger partial charge on any atom is 0.243 e. The topological polar surface area (TPSA) is 29.1 Å². The molecule has 0 aliphatic carbocycles. The lowest BCUT2D eigenvalue weighted by Gasteiger charge is -2.00. The number of carbonyl (C=O) groups excluding carboxylic acids is 1. The number of rotatable bonds is 6. The third kappa shape index (κ3) is 6.12. The van der Waals surface area contributed by atoms with Crippen LogP contribution in [0.25, 0.3) is 6.08 Å². The molecule has 0 heterocycles. The van der Waals surface area contributed by atoms with E-state index in [2.05, 4.69) is 12.2 Å². The molecule has 17 heavy (non-hydrogen) atoms. The van der Waals surface area contributed by atoms with Gasteiger partial charge in [-0.25, -0.2) is 0 Å². The summed E-state index contributed by atoms with van der Waals surface area (Å²) in [6.07, 6.45) is 6.65. The monoisotopic (exact) mass is 251 g/mol. The highest BCUT2D eigenvalue weighted by molar-refractivity contribution is 6.30. The van der Waals surface area contributed by atoms with Crippen molar-refractivity contribution in [3.05, 3.63) is 40.9 Å². The summed E-state index contributed by atoms with van der Waals surface area (Å²) in [6.45, 7) is 2.88. The van der Waals surface area contributed by atoms with Crippen LogP contribution in [0.15, 0.2) is 30.3 Å². The molecule has 3 heteroatoms. The van der Waals surface area contributed by atoms with Crippen LogP contribution in [-0.2, 0) is 4.79 Å². The Kier molecular flexibility index (Phi) is 6.41. The van der Waals surface area contributed by atoms with Crippen molar-refractivity contribution in [3.63, 3.8) is 0 Å². The molecule has 0 bridgehead atoms. The number of carbonyl (C=O) groups is 1. The Morgan fingerprint density at radius 1 is 1.41 bits per heavy atom. The van der Waals surface area contributed by atoms with Crippen molar-refractivity contribution in [3.8, 4) is 0 Å². The first-order valence-corrected chi connectivity index (χ1v) is 6.31. The summed E-state index contributed by atoms with van der Waals surface area (Å²) in [5.41, 5.74) is 0.932. The van der Waals surface area contributed by atoms with Gasteiger partial charge < -0.3 is 5.32 Å². The average molecular weight is 252 g/mol. The van der Waals surface area contributed by atoms with Gasteiger partial charge in [-0.3, -0.25) is 4.79 Å². The standard InChI is InChI=1S/C14H18ClNO/c1-2-3-4-10-16-14(17)9-8-12-6-5-7-13(15)11-12/h5-9,11H,2-4,10H2,1H3,(H,16,17). The summed E-state index contributed by atoms with van der Waals surface area (Å²) in [6, 6.07) is 7.40. The summed E-state index contributed by atoms with van der Waals surface area (Å²) in [5, 5.41) is 3.52. The third-order valence-electron chi connectivity index (χ3n) is 2.36. The maximum atomic E-state index is 11.4. The van der Waals surface area contributed by atoms with Gasteiger partial charge in [0, 0.05) is 17.6 Å². The molecule has 0 spiro atoms. The molecule has 1 aromatic rings. The van der Waals surface area contributed by atoms with Gasteiger partial charge in [-0.1, -0.05) is 43.5 Å². The van der Waals surface area contributed by atoms with E-state index in [9.17, 15) is 4.79 Å². The van der Waals surface area contributed by atoms with Crippen LogP contribution in [0.5, 0.6) is 0 Å². The quantitative estimate of drug-likeness (QED) is 0.607. The lowest BCUT2D eigenvalue weighted by Crippen LogP contribution is -2.21. The van der Waals surface area contributed by atoms with Gasteiger partial charge in [0.05, 0.1) is 0 Å². The van der Waals surface area contributed by atoms with Crippen LogP contribution in [0.4, 0.5) is 0 Å². The minimum Gasteiger partial charge on any atom is -0.353 e. The third-order valence-corrected chi connectivity index (χ3v) is 2.59. The van der Waals surface area contributed by atoms with Crippen molar-refractivity contribution in [1.29, 1.82) is 0 Å². The molecule has 0 aliphatic heterocycles. The van der Waals surface area contributed by atoms with Crippen LogP contribution in [0.3, 0.4) is 0 Å². The summed E-state index contributed by atoms with van der Waals surface area (Å²) in [7, 11) is 0. The molecule has 1 aromatic carbocycles. The molecule has 0 atom stereocenters. The van der Waals surface area contributed by atoms with Gasteiger partial charge in [-0.15, -0.1) is 0 Å². The van der Waals surface area contributed by atoms with Crippen molar-refractivity contribution in [1.82, 2.24) is 5.32 Å². The molecule has 0 unspecified atom stereocenters. The number of unbranched alkanes of at least 4 members (excludes halogenated alkanes) is 2. The Bertz CT molecular complexity index is 388. The van der Waals surface area contributed by atoms with Crippen LogP contribution in [0, 0.1) is 0 Å². The molecule has 0 saturated carbocycles. The molecule has 1 rings (SSSR count). The molecule has 0 radical (unpaired) electrons. The molecule has 0 saturated heterocycles. The van der Waals surface area contributed by atoms with Crippen LogP contribution in [-0.4, -0.2) is 12.5 Å². The van der Waals surface area contributed by atoms with Crippen molar-refractivity contribution in [2.45, 2.75) is 26.2 Å². The molecule has 0 aromatic heterocycles. The number of halogens is 1. The summed E-state index contributed by atoms with van der Waals surface area (Å²) in [5.74, 6) is -0.0546. The van der Waals surface area contributed by atoms with Crippen molar-refractivity contribution < 1.29 is 4.79 Å². The van der Waals surface area contributed by atoms with Gasteiger partial charge in [-0.2, -0.15) is 0 Å². The SMILES string of the molecule is CCCCCNC(=O)C=Cc1cccc(Cl)c1. The highest BCUT2D eigenvalue weighted by atomic mass is 35.5. The normalized spacial score (nSPS) is 10.7. The predicted octanol–water partition coefficient (Wildman–Crippen LogP) is 3.66. The second-order valence-electron chi connectivity index (χ2n) is 3.89. The van der Waals surface area contributed by atoms with Gasteiger partial charge in [0.2, 0.25) is 5.91 Å². The van der Waals surface area contributed by atoms with Crippen molar-refractivity contribution in [2.24, 2.45) is 0 Å². The minimum atomic E-state index is -0.0546. The fourth-order valence-corrected chi connectivity index (χ4v) is 1.63. The summed E-state index contributed by atoms with van der Waals surface area (Å²) in [4.78, 5) is 11.4. The van der Waals surface area contributed by atoms with Gasteiger partial charge in [0.15, 0.2) is 0 Å². The number of benzene rings is 1. The Morgan fingerprint density at radius 2 is 2.24 bits per heavy atom. The average Bonchev–Trinajstić information content (AvgIpc) is 2.32. The van der Waals surface area contributed by atoms with Gasteiger partial charge >= 0.3 is 0 Å². The second-order valence-corrected chi connectivity index (χ2v) is 4.32. The number of nitrogens with one attached hydrogen (secondary N) is 1. The maximum absolute atomic E-state index is 11.4. The van der Waals surface area contributed by atoms with E-state index in [0.29, 0.717) is 5.02 Å². The van der Waals surface area contributed by atoms with E-state index in [0.717, 1.165) is 31.4 Å². The predicted molar refractivity (Wildman–Crippen MR) is 73.0 cm³/mol. The van der Waals surface area contributed by atoms with Crippen LogP contribution in [0.1, 0.15) is 31.7 Å². The summed E-state index contributed by atoms with van der Waals surface area (Å²) < 4.78 is 0. The Hall–Kier alpha value is -1.28. The van der Waals surface area contributed by atoms with E-state index in [1.54, 1.807) is 6.08 Å². The van der Waals surface area contributed by atoms with Crippen molar-refractivity contribution >= 4 is 23.6 Å². The minimum absolute atomic E-state index is 0.0546. The van der Waals surface area contributed by atoms with Crippen LogP contribution in [0.2, 0.25) is 5.02 Å². The largest absolute Gasteiger partial charge is 0.353 e. The van der Waals surface area contributed by atoms with Gasteiger partial charge in [0.25, 0.3) is 0 Å². The van der Waals surface area contributed by atoms with Gasteiger partial charge in [0.1, 0.15) is 0 Å². The lowest BCUT2D eigenvalue weighted by atomic mass is 10.2. The first-order valence-electron chi connectivity index (χ1n) is 5.94. The zero-order chi connectivity index (χ0) is 12.5. The Morgan fingerprint density at radius 3 is 2.94 bits per heavy atom. The number of amides is 1. The Balaban J connectivity index is 2.35. The fourth-order valence-electron chi connectivity index (χ4n) is 1.43. The Labute approximate surface area is 108 Å². The zero-order valence-electron chi connectivity index (χ0n) is 10.1. The first-order chi connectivity index (χ1) is 8.22. The van der Waals surface area contributed by atoms with Crippen molar-refractivity contribution in [2.75, 3.05) is 6.54 Å². The molecule has 1 amide bonds. The lowest BCUT2D eigenvalue weighted by molar-refractivity contribution is -0.116. The molecule has 0 fully saturated rings. The molecular weight excluding hydrogens is 234 g/mol. The highest BCUT2D eigenvalue weighted by Gasteiger charge is 1.94. The van der Waals surface area contributed by atoms with E-state index < -0.39 is 0 Å². The first kappa shape index (κ1) is 13.8. The second kappa shape index (κ2) is 7.91. The number of hydrogen-bond acceptors (Lipinski definition) is 1. The smallest absolute Gasteiger partial charge is 0.243 e. The van der Waals surface area contributed by atoms with E-state index in [4.69, 9.17) is 11.6 Å².